The molecule has 1 aliphatic heterocycles. The Balaban J connectivity index is 2.53. The summed E-state index contributed by atoms with van der Waals surface area (Å²) in [5.74, 6) is 1.67. The molecular formula is C12H17NO2. The lowest BCUT2D eigenvalue weighted by Crippen LogP contribution is -2.28. The third kappa shape index (κ3) is 1.79. The van der Waals surface area contributed by atoms with Gasteiger partial charge in [0.2, 0.25) is 0 Å². The lowest BCUT2D eigenvalue weighted by atomic mass is 9.93. The van der Waals surface area contributed by atoms with Crippen molar-refractivity contribution in [3.8, 4) is 11.5 Å². The Kier molecular flexibility index (Phi) is 2.35. The molecule has 15 heavy (non-hydrogen) atoms. The van der Waals surface area contributed by atoms with Crippen LogP contribution in [0.2, 0.25) is 0 Å². The van der Waals surface area contributed by atoms with E-state index in [1.54, 1.807) is 7.11 Å². The standard InChI is InChI=1S/C12H17NO2/c1-12(2,13)9-6-8-4-5-15-11(8)10(7-9)14-3/h6-7H,4-5,13H2,1-3H3. The average molecular weight is 207 g/mol. The van der Waals surface area contributed by atoms with Gasteiger partial charge in [-0.05, 0) is 31.5 Å². The molecule has 0 fully saturated rings. The van der Waals surface area contributed by atoms with Gasteiger partial charge in [0.1, 0.15) is 0 Å². The second kappa shape index (κ2) is 3.42. The van der Waals surface area contributed by atoms with Gasteiger partial charge >= 0.3 is 0 Å². The SMILES string of the molecule is COc1cc(C(C)(C)N)cc2c1OCC2. The van der Waals surface area contributed by atoms with Crippen molar-refractivity contribution in [1.29, 1.82) is 0 Å². The summed E-state index contributed by atoms with van der Waals surface area (Å²) in [5.41, 5.74) is 8.02. The van der Waals surface area contributed by atoms with Crippen LogP contribution >= 0.6 is 0 Å². The van der Waals surface area contributed by atoms with Crippen LogP contribution < -0.4 is 15.2 Å². The molecule has 0 saturated heterocycles. The summed E-state index contributed by atoms with van der Waals surface area (Å²) in [4.78, 5) is 0. The highest BCUT2D eigenvalue weighted by Crippen LogP contribution is 2.38. The van der Waals surface area contributed by atoms with Crippen molar-refractivity contribution in [1.82, 2.24) is 0 Å². The zero-order valence-corrected chi connectivity index (χ0v) is 9.46. The van der Waals surface area contributed by atoms with Gasteiger partial charge in [0.25, 0.3) is 0 Å². The van der Waals surface area contributed by atoms with Crippen molar-refractivity contribution in [2.45, 2.75) is 25.8 Å². The first-order valence-corrected chi connectivity index (χ1v) is 5.15. The number of methoxy groups -OCH3 is 1. The maximum absolute atomic E-state index is 6.08. The quantitative estimate of drug-likeness (QED) is 0.804. The minimum Gasteiger partial charge on any atom is -0.493 e. The maximum atomic E-state index is 6.08. The maximum Gasteiger partial charge on any atom is 0.164 e. The Morgan fingerprint density at radius 2 is 2.13 bits per heavy atom. The van der Waals surface area contributed by atoms with Crippen LogP contribution in [0.1, 0.15) is 25.0 Å². The van der Waals surface area contributed by atoms with Crippen molar-refractivity contribution in [2.24, 2.45) is 5.73 Å². The van der Waals surface area contributed by atoms with Crippen molar-refractivity contribution in [3.63, 3.8) is 0 Å². The molecule has 1 aromatic rings. The first-order chi connectivity index (χ1) is 7.02. The molecule has 0 spiro atoms. The van der Waals surface area contributed by atoms with E-state index in [4.69, 9.17) is 15.2 Å². The number of benzene rings is 1. The van der Waals surface area contributed by atoms with Crippen LogP contribution in [0.5, 0.6) is 11.5 Å². The van der Waals surface area contributed by atoms with Gasteiger partial charge in [-0.3, -0.25) is 0 Å². The van der Waals surface area contributed by atoms with Crippen molar-refractivity contribution in [3.05, 3.63) is 23.3 Å². The molecule has 82 valence electrons. The number of hydrogen-bond donors (Lipinski definition) is 1. The second-order valence-electron chi connectivity index (χ2n) is 4.49. The van der Waals surface area contributed by atoms with Crippen molar-refractivity contribution >= 4 is 0 Å². The zero-order chi connectivity index (χ0) is 11.1. The molecule has 2 rings (SSSR count). The van der Waals surface area contributed by atoms with Gasteiger partial charge in [-0.2, -0.15) is 0 Å². The highest BCUT2D eigenvalue weighted by atomic mass is 16.5. The monoisotopic (exact) mass is 207 g/mol. The molecule has 1 aromatic carbocycles. The lowest BCUT2D eigenvalue weighted by Gasteiger charge is -2.21. The number of ether oxygens (including phenoxy) is 2. The van der Waals surface area contributed by atoms with Gasteiger partial charge < -0.3 is 15.2 Å². The summed E-state index contributed by atoms with van der Waals surface area (Å²) in [6, 6.07) is 4.08. The summed E-state index contributed by atoms with van der Waals surface area (Å²) >= 11 is 0. The van der Waals surface area contributed by atoms with Crippen molar-refractivity contribution < 1.29 is 9.47 Å². The van der Waals surface area contributed by atoms with Gasteiger partial charge in [0.05, 0.1) is 13.7 Å². The number of fused-ring (bicyclic) bond motifs is 1. The van der Waals surface area contributed by atoms with Crippen LogP contribution in [0.15, 0.2) is 12.1 Å². The topological polar surface area (TPSA) is 44.5 Å². The Bertz CT molecular complexity index is 380. The lowest BCUT2D eigenvalue weighted by molar-refractivity contribution is 0.325. The number of rotatable bonds is 2. The fourth-order valence-electron chi connectivity index (χ4n) is 1.80. The van der Waals surface area contributed by atoms with Crippen LogP contribution in [0.4, 0.5) is 0 Å². The van der Waals surface area contributed by atoms with Crippen LogP contribution in [0, 0.1) is 0 Å². The molecule has 3 heteroatoms. The van der Waals surface area contributed by atoms with Gasteiger partial charge in [-0.1, -0.05) is 0 Å². The predicted molar refractivity (Wildman–Crippen MR) is 59.4 cm³/mol. The zero-order valence-electron chi connectivity index (χ0n) is 9.46. The highest BCUT2D eigenvalue weighted by molar-refractivity contribution is 5.52. The second-order valence-corrected chi connectivity index (χ2v) is 4.49. The molecule has 0 radical (unpaired) electrons. The molecule has 1 heterocycles. The Morgan fingerprint density at radius 1 is 1.40 bits per heavy atom. The minimum absolute atomic E-state index is 0.342. The van der Waals surface area contributed by atoms with Crippen molar-refractivity contribution in [2.75, 3.05) is 13.7 Å². The van der Waals surface area contributed by atoms with E-state index in [0.717, 1.165) is 30.1 Å². The molecule has 3 nitrogen and oxygen atoms in total. The predicted octanol–water partition coefficient (Wildman–Crippen LogP) is 1.82. The number of hydrogen-bond acceptors (Lipinski definition) is 3. The van der Waals surface area contributed by atoms with E-state index in [1.807, 2.05) is 19.9 Å². The van der Waals surface area contributed by atoms with Crippen LogP contribution in [0.25, 0.3) is 0 Å². The summed E-state index contributed by atoms with van der Waals surface area (Å²) in [6.45, 7) is 4.72. The highest BCUT2D eigenvalue weighted by Gasteiger charge is 2.23. The van der Waals surface area contributed by atoms with Gasteiger partial charge in [-0.25, -0.2) is 0 Å². The molecule has 0 amide bonds. The normalized spacial score (nSPS) is 14.7. The molecule has 0 atom stereocenters. The third-order valence-corrected chi connectivity index (χ3v) is 2.71. The van der Waals surface area contributed by atoms with Gasteiger partial charge in [0, 0.05) is 17.5 Å². The molecule has 1 aliphatic rings. The molecular weight excluding hydrogens is 190 g/mol. The first kappa shape index (κ1) is 10.3. The average Bonchev–Trinajstić information content (AvgIpc) is 2.62. The Hall–Kier alpha value is -1.22. The van der Waals surface area contributed by atoms with Crippen LogP contribution in [-0.4, -0.2) is 13.7 Å². The number of nitrogens with two attached hydrogens (primary N) is 1. The third-order valence-electron chi connectivity index (χ3n) is 2.71. The molecule has 0 saturated carbocycles. The smallest absolute Gasteiger partial charge is 0.164 e. The van der Waals surface area contributed by atoms with E-state index < -0.39 is 0 Å². The molecule has 0 aliphatic carbocycles. The molecule has 0 aromatic heterocycles. The molecule has 0 unspecified atom stereocenters. The Labute approximate surface area is 90.2 Å². The van der Waals surface area contributed by atoms with E-state index in [9.17, 15) is 0 Å². The largest absolute Gasteiger partial charge is 0.493 e. The first-order valence-electron chi connectivity index (χ1n) is 5.15. The van der Waals surface area contributed by atoms with Gasteiger partial charge in [-0.15, -0.1) is 0 Å². The van der Waals surface area contributed by atoms with Crippen LogP contribution in [-0.2, 0) is 12.0 Å². The fourth-order valence-corrected chi connectivity index (χ4v) is 1.80. The Morgan fingerprint density at radius 3 is 2.73 bits per heavy atom. The van der Waals surface area contributed by atoms with E-state index in [1.165, 1.54) is 5.56 Å². The van der Waals surface area contributed by atoms with E-state index >= 15 is 0 Å². The molecule has 2 N–H and O–H groups in total. The summed E-state index contributed by atoms with van der Waals surface area (Å²) in [5, 5.41) is 0. The van der Waals surface area contributed by atoms with E-state index in [2.05, 4.69) is 6.07 Å². The minimum atomic E-state index is -0.342. The van der Waals surface area contributed by atoms with E-state index in [0.29, 0.717) is 0 Å². The summed E-state index contributed by atoms with van der Waals surface area (Å²) < 4.78 is 10.8. The fraction of sp³-hybridized carbons (Fsp3) is 0.500. The van der Waals surface area contributed by atoms with Gasteiger partial charge in [0.15, 0.2) is 11.5 Å². The van der Waals surface area contributed by atoms with Crippen LogP contribution in [0.3, 0.4) is 0 Å². The molecule has 0 bridgehead atoms. The van der Waals surface area contributed by atoms with E-state index in [-0.39, 0.29) is 5.54 Å². The summed E-state index contributed by atoms with van der Waals surface area (Å²) in [6.07, 6.45) is 0.940. The summed E-state index contributed by atoms with van der Waals surface area (Å²) in [7, 11) is 1.66.